The van der Waals surface area contributed by atoms with Gasteiger partial charge in [-0.3, -0.25) is 9.59 Å². The van der Waals surface area contributed by atoms with Crippen molar-refractivity contribution in [2.75, 3.05) is 13.7 Å². The number of hydrogen-bond acceptors (Lipinski definition) is 5. The molecule has 2 rings (SSSR count). The molecule has 19 heavy (non-hydrogen) atoms. The standard InChI is InChI=1S/C11H17N3O5/c1-5(15)8-10(17)14-4-6(12-11(18)19-2)3-7(14)9(16)13-8/h5-8,15H,3-4H2,1-2H3,(H,12,18)(H,13,16)/t5-,6-,7-,8+/m0/s1. The third-order valence-electron chi connectivity index (χ3n) is 3.44. The molecular formula is C11H17N3O5. The van der Waals surface area contributed by atoms with Crippen molar-refractivity contribution in [2.24, 2.45) is 0 Å². The summed E-state index contributed by atoms with van der Waals surface area (Å²) in [4.78, 5) is 36.5. The monoisotopic (exact) mass is 271 g/mol. The predicted octanol–water partition coefficient (Wildman–Crippen LogP) is -1.81. The van der Waals surface area contributed by atoms with Crippen molar-refractivity contribution < 1.29 is 24.2 Å². The maximum absolute atomic E-state index is 12.1. The average molecular weight is 271 g/mol. The van der Waals surface area contributed by atoms with E-state index < -0.39 is 24.3 Å². The van der Waals surface area contributed by atoms with Crippen LogP contribution in [0, 0.1) is 0 Å². The third-order valence-corrected chi connectivity index (χ3v) is 3.44. The van der Waals surface area contributed by atoms with E-state index in [0.717, 1.165) is 0 Å². The lowest BCUT2D eigenvalue weighted by Crippen LogP contribution is -2.64. The molecule has 4 atom stereocenters. The second-order valence-corrected chi connectivity index (χ2v) is 4.80. The van der Waals surface area contributed by atoms with Gasteiger partial charge in [0.05, 0.1) is 19.3 Å². The molecule has 2 saturated heterocycles. The van der Waals surface area contributed by atoms with Crippen molar-refractivity contribution in [1.82, 2.24) is 15.5 Å². The predicted molar refractivity (Wildman–Crippen MR) is 63.1 cm³/mol. The van der Waals surface area contributed by atoms with Gasteiger partial charge in [0, 0.05) is 6.54 Å². The molecule has 0 aromatic rings. The summed E-state index contributed by atoms with van der Waals surface area (Å²) >= 11 is 0. The third kappa shape index (κ3) is 2.48. The minimum atomic E-state index is -0.954. The second-order valence-electron chi connectivity index (χ2n) is 4.80. The van der Waals surface area contributed by atoms with Crippen LogP contribution in [0.3, 0.4) is 0 Å². The van der Waals surface area contributed by atoms with Crippen LogP contribution in [0.15, 0.2) is 0 Å². The molecule has 8 heteroatoms. The van der Waals surface area contributed by atoms with E-state index in [1.54, 1.807) is 0 Å². The molecule has 0 radical (unpaired) electrons. The van der Waals surface area contributed by atoms with Gasteiger partial charge in [0.25, 0.3) is 0 Å². The number of aliphatic hydroxyl groups excluding tert-OH is 1. The number of ether oxygens (including phenoxy) is 1. The largest absolute Gasteiger partial charge is 0.453 e. The van der Waals surface area contributed by atoms with Crippen LogP contribution < -0.4 is 10.6 Å². The van der Waals surface area contributed by atoms with Crippen LogP contribution in [0.4, 0.5) is 4.79 Å². The van der Waals surface area contributed by atoms with E-state index in [4.69, 9.17) is 0 Å². The van der Waals surface area contributed by atoms with Gasteiger partial charge in [0.15, 0.2) is 0 Å². The molecular weight excluding hydrogens is 254 g/mol. The number of nitrogens with zero attached hydrogens (tertiary/aromatic N) is 1. The lowest BCUT2D eigenvalue weighted by atomic mass is 10.0. The number of aliphatic hydroxyl groups is 1. The van der Waals surface area contributed by atoms with Gasteiger partial charge in [-0.15, -0.1) is 0 Å². The highest BCUT2D eigenvalue weighted by Gasteiger charge is 2.47. The van der Waals surface area contributed by atoms with Crippen molar-refractivity contribution in [1.29, 1.82) is 0 Å². The number of alkyl carbamates (subject to hydrolysis) is 1. The van der Waals surface area contributed by atoms with Gasteiger partial charge >= 0.3 is 6.09 Å². The summed E-state index contributed by atoms with van der Waals surface area (Å²) in [5.74, 6) is -0.631. The Morgan fingerprint density at radius 3 is 2.84 bits per heavy atom. The van der Waals surface area contributed by atoms with Gasteiger partial charge in [-0.05, 0) is 13.3 Å². The summed E-state index contributed by atoms with van der Waals surface area (Å²) in [5.41, 5.74) is 0. The summed E-state index contributed by atoms with van der Waals surface area (Å²) in [7, 11) is 1.25. The van der Waals surface area contributed by atoms with Crippen molar-refractivity contribution in [2.45, 2.75) is 37.6 Å². The Balaban J connectivity index is 2.08. The van der Waals surface area contributed by atoms with Crippen LogP contribution in [0.2, 0.25) is 0 Å². The summed E-state index contributed by atoms with van der Waals surface area (Å²) in [5, 5.41) is 14.6. The van der Waals surface area contributed by atoms with Crippen molar-refractivity contribution in [3.8, 4) is 0 Å². The Morgan fingerprint density at radius 1 is 1.58 bits per heavy atom. The molecule has 106 valence electrons. The molecule has 2 fully saturated rings. The number of rotatable bonds is 2. The Labute approximate surface area is 110 Å². The number of carbonyl (C=O) groups excluding carboxylic acids is 3. The van der Waals surface area contributed by atoms with E-state index in [1.807, 2.05) is 0 Å². The molecule has 0 aliphatic carbocycles. The van der Waals surface area contributed by atoms with E-state index in [1.165, 1.54) is 18.9 Å². The molecule has 3 amide bonds. The Kier molecular flexibility index (Phi) is 3.61. The lowest BCUT2D eigenvalue weighted by Gasteiger charge is -2.35. The zero-order valence-corrected chi connectivity index (χ0v) is 10.8. The van der Waals surface area contributed by atoms with Crippen LogP contribution in [0.5, 0.6) is 0 Å². The quantitative estimate of drug-likeness (QED) is 0.548. The number of nitrogens with one attached hydrogen (secondary N) is 2. The van der Waals surface area contributed by atoms with Crippen LogP contribution >= 0.6 is 0 Å². The van der Waals surface area contributed by atoms with Crippen LogP contribution in [-0.2, 0) is 14.3 Å². The molecule has 3 N–H and O–H groups in total. The van der Waals surface area contributed by atoms with Gasteiger partial charge in [0.1, 0.15) is 12.1 Å². The first kappa shape index (κ1) is 13.6. The molecule has 0 saturated carbocycles. The molecule has 0 aromatic carbocycles. The first-order valence-corrected chi connectivity index (χ1v) is 6.07. The number of amides is 3. The lowest BCUT2D eigenvalue weighted by molar-refractivity contribution is -0.149. The maximum Gasteiger partial charge on any atom is 0.407 e. The number of carbonyl (C=O) groups is 3. The molecule has 0 bridgehead atoms. The molecule has 0 spiro atoms. The van der Waals surface area contributed by atoms with Crippen molar-refractivity contribution in [3.05, 3.63) is 0 Å². The van der Waals surface area contributed by atoms with E-state index in [2.05, 4.69) is 15.4 Å². The summed E-state index contributed by atoms with van der Waals surface area (Å²) in [6.07, 6.45) is -1.20. The summed E-state index contributed by atoms with van der Waals surface area (Å²) in [6.45, 7) is 1.69. The van der Waals surface area contributed by atoms with E-state index >= 15 is 0 Å². The van der Waals surface area contributed by atoms with Gasteiger partial charge in [-0.25, -0.2) is 4.79 Å². The molecule has 0 unspecified atom stereocenters. The zero-order chi connectivity index (χ0) is 14.2. The number of hydrogen-bond donors (Lipinski definition) is 3. The molecule has 0 aromatic heterocycles. The van der Waals surface area contributed by atoms with Crippen molar-refractivity contribution in [3.63, 3.8) is 0 Å². The number of piperazine rings is 1. The molecule has 8 nitrogen and oxygen atoms in total. The molecule has 2 heterocycles. The topological polar surface area (TPSA) is 108 Å². The Bertz CT molecular complexity index is 411. The van der Waals surface area contributed by atoms with Gasteiger partial charge in [-0.1, -0.05) is 0 Å². The summed E-state index contributed by atoms with van der Waals surface area (Å²) in [6, 6.07) is -1.83. The zero-order valence-electron chi connectivity index (χ0n) is 10.8. The highest BCUT2D eigenvalue weighted by Crippen LogP contribution is 2.23. The van der Waals surface area contributed by atoms with E-state index in [0.29, 0.717) is 6.42 Å². The Morgan fingerprint density at radius 2 is 2.26 bits per heavy atom. The second kappa shape index (κ2) is 5.04. The highest BCUT2D eigenvalue weighted by molar-refractivity contribution is 5.98. The average Bonchev–Trinajstić information content (AvgIpc) is 2.77. The maximum atomic E-state index is 12.1. The minimum absolute atomic E-state index is 0.245. The van der Waals surface area contributed by atoms with E-state index in [-0.39, 0.29) is 24.4 Å². The van der Waals surface area contributed by atoms with Gasteiger partial charge in [-0.2, -0.15) is 0 Å². The Hall–Kier alpha value is -1.83. The van der Waals surface area contributed by atoms with Crippen LogP contribution in [-0.4, -0.2) is 65.8 Å². The fourth-order valence-corrected chi connectivity index (χ4v) is 2.48. The molecule has 2 aliphatic rings. The van der Waals surface area contributed by atoms with Crippen LogP contribution in [0.1, 0.15) is 13.3 Å². The smallest absolute Gasteiger partial charge is 0.407 e. The number of fused-ring (bicyclic) bond motifs is 1. The fraction of sp³-hybridized carbons (Fsp3) is 0.727. The van der Waals surface area contributed by atoms with Crippen LogP contribution in [0.25, 0.3) is 0 Å². The highest BCUT2D eigenvalue weighted by atomic mass is 16.5. The van der Waals surface area contributed by atoms with E-state index in [9.17, 15) is 19.5 Å². The van der Waals surface area contributed by atoms with Gasteiger partial charge in [0.2, 0.25) is 11.8 Å². The molecule has 2 aliphatic heterocycles. The SMILES string of the molecule is COC(=O)N[C@H]1C[C@H]2C(=O)N[C@H]([C@H](C)O)C(=O)N2C1. The number of methoxy groups -OCH3 is 1. The summed E-state index contributed by atoms with van der Waals surface area (Å²) < 4.78 is 4.48. The normalized spacial score (nSPS) is 31.5. The fourth-order valence-electron chi connectivity index (χ4n) is 2.48. The minimum Gasteiger partial charge on any atom is -0.453 e. The van der Waals surface area contributed by atoms with Crippen molar-refractivity contribution >= 4 is 17.9 Å². The first-order valence-electron chi connectivity index (χ1n) is 6.07. The first-order chi connectivity index (χ1) is 8.93. The van der Waals surface area contributed by atoms with Gasteiger partial charge < -0.3 is 25.4 Å².